The SMILES string of the molecule is COC1=CC(=O)N(CCN2CCN(CCNc3ccnc4cc(Cl)ccc34)CC2)C1(O)Cc1ccc(C(F)(F)F)cc1. The number of aromatic nitrogens is 1. The van der Waals surface area contributed by atoms with Crippen molar-refractivity contribution in [2.24, 2.45) is 0 Å². The number of ether oxygens (including phenoxy) is 1. The average molecular weight is 604 g/mol. The number of hydrogen-bond acceptors (Lipinski definition) is 7. The van der Waals surface area contributed by atoms with E-state index in [9.17, 15) is 23.1 Å². The topological polar surface area (TPSA) is 81.2 Å². The number of fused-ring (bicyclic) bond motifs is 1. The van der Waals surface area contributed by atoms with Gasteiger partial charge in [0.2, 0.25) is 5.72 Å². The summed E-state index contributed by atoms with van der Waals surface area (Å²) in [6, 6.07) is 12.2. The third-order valence-corrected chi connectivity index (χ3v) is 8.10. The smallest absolute Gasteiger partial charge is 0.416 e. The Hall–Kier alpha value is -3.38. The fourth-order valence-electron chi connectivity index (χ4n) is 5.52. The van der Waals surface area contributed by atoms with Gasteiger partial charge >= 0.3 is 6.18 Å². The molecule has 3 heterocycles. The predicted octanol–water partition coefficient (Wildman–Crippen LogP) is 4.24. The molecule has 0 spiro atoms. The van der Waals surface area contributed by atoms with Crippen LogP contribution in [0, 0.1) is 0 Å². The molecule has 12 heteroatoms. The minimum atomic E-state index is -4.45. The van der Waals surface area contributed by atoms with E-state index in [4.69, 9.17) is 16.3 Å². The van der Waals surface area contributed by atoms with Crippen molar-refractivity contribution in [3.8, 4) is 0 Å². The second-order valence-electron chi connectivity index (χ2n) is 10.5. The van der Waals surface area contributed by atoms with E-state index in [1.54, 1.807) is 6.20 Å². The van der Waals surface area contributed by atoms with Crippen molar-refractivity contribution in [2.45, 2.75) is 18.3 Å². The van der Waals surface area contributed by atoms with E-state index in [0.29, 0.717) is 17.1 Å². The number of hydrogen-bond donors (Lipinski definition) is 2. The van der Waals surface area contributed by atoms with Crippen LogP contribution in [-0.4, -0.2) is 95.9 Å². The van der Waals surface area contributed by atoms with E-state index in [-0.39, 0.29) is 18.7 Å². The van der Waals surface area contributed by atoms with E-state index >= 15 is 0 Å². The summed E-state index contributed by atoms with van der Waals surface area (Å²) in [6.07, 6.45) is -1.53. The molecule has 1 aromatic heterocycles. The van der Waals surface area contributed by atoms with Crippen LogP contribution in [0.1, 0.15) is 11.1 Å². The molecular formula is C30H33ClF3N5O3. The molecule has 0 aliphatic carbocycles. The van der Waals surface area contributed by atoms with E-state index in [1.807, 2.05) is 24.3 Å². The number of amides is 1. The summed E-state index contributed by atoms with van der Waals surface area (Å²) < 4.78 is 44.2. The molecule has 2 aliphatic heterocycles. The number of aliphatic hydroxyl groups is 1. The monoisotopic (exact) mass is 603 g/mol. The highest BCUT2D eigenvalue weighted by Gasteiger charge is 2.47. The first-order chi connectivity index (χ1) is 20.1. The third-order valence-electron chi connectivity index (χ3n) is 7.87. The first-order valence-electron chi connectivity index (χ1n) is 13.8. The summed E-state index contributed by atoms with van der Waals surface area (Å²) >= 11 is 6.09. The van der Waals surface area contributed by atoms with Gasteiger partial charge in [-0.05, 0) is 42.0 Å². The quantitative estimate of drug-likeness (QED) is 0.359. The highest BCUT2D eigenvalue weighted by atomic mass is 35.5. The summed E-state index contributed by atoms with van der Waals surface area (Å²) in [4.78, 5) is 23.1. The summed E-state index contributed by atoms with van der Waals surface area (Å²) in [6.45, 7) is 5.76. The van der Waals surface area contributed by atoms with Crippen LogP contribution in [0.3, 0.4) is 0 Å². The van der Waals surface area contributed by atoms with Crippen LogP contribution in [0.15, 0.2) is 66.6 Å². The summed E-state index contributed by atoms with van der Waals surface area (Å²) in [7, 11) is 1.36. The minimum absolute atomic E-state index is 0.0785. The summed E-state index contributed by atoms with van der Waals surface area (Å²) in [5.41, 5.74) is -0.234. The Kier molecular flexibility index (Phi) is 8.93. The number of anilines is 1. The molecule has 1 atom stereocenters. The number of carbonyl (C=O) groups excluding carboxylic acids is 1. The van der Waals surface area contributed by atoms with Crippen molar-refractivity contribution >= 4 is 34.1 Å². The number of benzene rings is 2. The number of pyridine rings is 1. The zero-order valence-corrected chi connectivity index (χ0v) is 24.0. The van der Waals surface area contributed by atoms with Crippen LogP contribution in [0.5, 0.6) is 0 Å². The molecule has 0 saturated carbocycles. The van der Waals surface area contributed by atoms with Crippen LogP contribution in [0.25, 0.3) is 10.9 Å². The Morgan fingerprint density at radius 2 is 1.71 bits per heavy atom. The Morgan fingerprint density at radius 3 is 2.38 bits per heavy atom. The van der Waals surface area contributed by atoms with Gasteiger partial charge in [0, 0.05) is 87.1 Å². The van der Waals surface area contributed by atoms with Gasteiger partial charge in [-0.1, -0.05) is 23.7 Å². The van der Waals surface area contributed by atoms with Gasteiger partial charge < -0.3 is 20.1 Å². The first kappa shape index (κ1) is 30.1. The van der Waals surface area contributed by atoms with Gasteiger partial charge in [-0.2, -0.15) is 13.2 Å². The lowest BCUT2D eigenvalue weighted by Crippen LogP contribution is -2.54. The summed E-state index contributed by atoms with van der Waals surface area (Å²) in [5.74, 6) is -0.313. The molecular weight excluding hydrogens is 571 g/mol. The molecule has 2 aliphatic rings. The van der Waals surface area contributed by atoms with E-state index < -0.39 is 23.4 Å². The van der Waals surface area contributed by atoms with Crippen molar-refractivity contribution in [1.29, 1.82) is 0 Å². The second-order valence-corrected chi connectivity index (χ2v) is 11.0. The molecule has 0 radical (unpaired) electrons. The van der Waals surface area contributed by atoms with E-state index in [0.717, 1.165) is 68.0 Å². The van der Waals surface area contributed by atoms with Crippen molar-refractivity contribution in [3.63, 3.8) is 0 Å². The van der Waals surface area contributed by atoms with E-state index in [2.05, 4.69) is 20.1 Å². The largest absolute Gasteiger partial charge is 0.496 e. The number of methoxy groups -OCH3 is 1. The van der Waals surface area contributed by atoms with Gasteiger partial charge in [0.15, 0.2) is 5.76 Å². The molecule has 1 saturated heterocycles. The molecule has 42 heavy (non-hydrogen) atoms. The molecule has 2 N–H and O–H groups in total. The Labute approximate surface area is 247 Å². The molecule has 5 rings (SSSR count). The lowest BCUT2D eigenvalue weighted by atomic mass is 9.99. The standard InChI is InChI=1S/C30H33ClF3N5O3/c1-42-27-19-28(40)39(29(27,41)20-21-2-4-22(5-3-21)30(32,33)34)17-16-38-14-12-37(13-15-38)11-10-36-25-8-9-35-26-18-23(31)6-7-24(25)26/h2-9,18-19,41H,10-17,20H2,1H3,(H,35,36). The first-order valence-corrected chi connectivity index (χ1v) is 14.1. The number of carbonyl (C=O) groups is 1. The van der Waals surface area contributed by atoms with Crippen LogP contribution in [-0.2, 0) is 22.1 Å². The Bertz CT molecular complexity index is 1440. The average Bonchev–Trinajstić information content (AvgIpc) is 3.20. The van der Waals surface area contributed by atoms with Crippen molar-refractivity contribution in [3.05, 3.63) is 82.7 Å². The highest BCUT2D eigenvalue weighted by molar-refractivity contribution is 6.31. The van der Waals surface area contributed by atoms with Gasteiger partial charge in [0.05, 0.1) is 18.2 Å². The molecule has 3 aromatic rings. The third kappa shape index (κ3) is 6.64. The lowest BCUT2D eigenvalue weighted by Gasteiger charge is -2.39. The maximum Gasteiger partial charge on any atom is 0.416 e. The lowest BCUT2D eigenvalue weighted by molar-refractivity contribution is -0.147. The second kappa shape index (κ2) is 12.5. The van der Waals surface area contributed by atoms with Crippen molar-refractivity contribution in [1.82, 2.24) is 19.7 Å². The van der Waals surface area contributed by atoms with Crippen LogP contribution >= 0.6 is 11.6 Å². The Balaban J connectivity index is 1.12. The number of rotatable bonds is 10. The number of nitrogens with zero attached hydrogens (tertiary/aromatic N) is 4. The molecule has 2 aromatic carbocycles. The van der Waals surface area contributed by atoms with Crippen LogP contribution in [0.2, 0.25) is 5.02 Å². The molecule has 0 bridgehead atoms. The van der Waals surface area contributed by atoms with Crippen molar-refractivity contribution in [2.75, 3.05) is 64.8 Å². The number of alkyl halides is 3. The zero-order chi connectivity index (χ0) is 29.9. The number of halogens is 4. The molecule has 224 valence electrons. The molecule has 1 fully saturated rings. The molecule has 1 amide bonds. The van der Waals surface area contributed by atoms with Gasteiger partial charge in [-0.25, -0.2) is 0 Å². The maximum atomic E-state index is 13.0. The molecule has 8 nitrogen and oxygen atoms in total. The predicted molar refractivity (Wildman–Crippen MR) is 155 cm³/mol. The minimum Gasteiger partial charge on any atom is -0.496 e. The molecule has 1 unspecified atom stereocenters. The van der Waals surface area contributed by atoms with E-state index in [1.165, 1.54) is 30.2 Å². The zero-order valence-electron chi connectivity index (χ0n) is 23.2. The summed E-state index contributed by atoms with van der Waals surface area (Å²) in [5, 5.41) is 16.7. The van der Waals surface area contributed by atoms with Gasteiger partial charge in [-0.15, -0.1) is 0 Å². The van der Waals surface area contributed by atoms with Crippen molar-refractivity contribution < 1.29 is 27.8 Å². The van der Waals surface area contributed by atoms with Crippen LogP contribution < -0.4 is 5.32 Å². The Morgan fingerprint density at radius 1 is 1.02 bits per heavy atom. The van der Waals surface area contributed by atoms with Crippen LogP contribution in [0.4, 0.5) is 18.9 Å². The fourth-order valence-corrected chi connectivity index (χ4v) is 5.69. The number of piperazine rings is 1. The number of nitrogens with one attached hydrogen (secondary N) is 1. The van der Waals surface area contributed by atoms with Gasteiger partial charge in [0.1, 0.15) is 0 Å². The normalized spacial score (nSPS) is 20.3. The highest BCUT2D eigenvalue weighted by Crippen LogP contribution is 2.34. The fraction of sp³-hybridized carbons (Fsp3) is 0.400. The van der Waals surface area contributed by atoms with Gasteiger partial charge in [0.25, 0.3) is 5.91 Å². The maximum absolute atomic E-state index is 13.0. The van der Waals surface area contributed by atoms with Gasteiger partial charge in [-0.3, -0.25) is 19.6 Å².